The van der Waals surface area contributed by atoms with Gasteiger partial charge in [-0.15, -0.1) is 0 Å². The van der Waals surface area contributed by atoms with E-state index in [-0.39, 0.29) is 28.3 Å². The van der Waals surface area contributed by atoms with Gasteiger partial charge in [-0.1, -0.05) is 41.9 Å². The molecule has 6 nitrogen and oxygen atoms in total. The van der Waals surface area contributed by atoms with E-state index in [1.54, 1.807) is 0 Å². The Balaban J connectivity index is 1.96. The number of carbonyl (C=O) groups is 2. The van der Waals surface area contributed by atoms with E-state index in [1.807, 2.05) is 0 Å². The summed E-state index contributed by atoms with van der Waals surface area (Å²) < 4.78 is 114. The average Bonchev–Trinajstić information content (AvgIpc) is 2.99. The molecule has 1 aromatic heterocycles. The molecule has 0 bridgehead atoms. The Morgan fingerprint density at radius 1 is 0.979 bits per heavy atom. The van der Waals surface area contributed by atoms with Crippen LogP contribution in [0.1, 0.15) is 43.9 Å². The molecule has 0 radical (unpaired) electrons. The highest BCUT2D eigenvalue weighted by atomic mass is 35.5. The number of aryl methyl sites for hydroxylation is 1. The summed E-state index contributed by atoms with van der Waals surface area (Å²) in [7, 11) is 0. The van der Waals surface area contributed by atoms with Gasteiger partial charge in [0.2, 0.25) is 0 Å². The summed E-state index contributed by atoms with van der Waals surface area (Å²) in [5.74, 6) is -4.68. The third kappa shape index (κ3) is 8.48. The van der Waals surface area contributed by atoms with E-state index < -0.39 is 58.8 Å². The molecule has 0 aliphatic carbocycles. The highest BCUT2D eigenvalue weighted by Crippen LogP contribution is 2.38. The van der Waals surface area contributed by atoms with E-state index in [9.17, 15) is 40.3 Å². The number of amides is 1. The van der Waals surface area contributed by atoms with Crippen LogP contribution in [0.5, 0.6) is 5.75 Å². The minimum Gasteiger partial charge on any atom is -0.478 e. The summed E-state index contributed by atoms with van der Waals surface area (Å²) in [6.07, 6.45) is -11.3. The molecule has 0 unspecified atom stereocenters. The lowest BCUT2D eigenvalue weighted by Crippen LogP contribution is -2.49. The molecule has 1 atom stereocenters. The predicted molar refractivity (Wildman–Crippen MR) is 158 cm³/mol. The minimum atomic E-state index is -5.05. The molecule has 3 aromatic carbocycles. The molecule has 1 amide bonds. The topological polar surface area (TPSA) is 88.5 Å². The average molecular weight is 699 g/mol. The number of pyridine rings is 1. The lowest BCUT2D eigenvalue weighted by molar-refractivity contribution is -0.253. The van der Waals surface area contributed by atoms with Crippen molar-refractivity contribution in [1.82, 2.24) is 10.3 Å². The second-order valence-electron chi connectivity index (χ2n) is 10.5. The number of alkyl halides is 7. The van der Waals surface area contributed by atoms with Gasteiger partial charge in [0.15, 0.2) is 0 Å². The highest BCUT2D eigenvalue weighted by Gasteiger charge is 2.45. The third-order valence-corrected chi connectivity index (χ3v) is 7.26. The van der Waals surface area contributed by atoms with Crippen molar-refractivity contribution in [2.45, 2.75) is 37.6 Å². The number of hydrogen-bond acceptors (Lipinski definition) is 4. The zero-order valence-corrected chi connectivity index (χ0v) is 25.2. The molecule has 0 saturated heterocycles. The van der Waals surface area contributed by atoms with Crippen LogP contribution < -0.4 is 10.1 Å². The molecule has 4 aromatic rings. The third-order valence-electron chi connectivity index (χ3n) is 7.04. The number of rotatable bonds is 11. The SMILES string of the molecule is Cc1ccc(C(=O)N[C@@](Cc2ccc(/C=C/C(=O)O)cc2)(c2cc(F)cc(OC(F)(F)C(F)F)c2)c2ccc(Cl)cn2)cc1C(F)(F)F. The van der Waals surface area contributed by atoms with Gasteiger partial charge in [-0.05, 0) is 71.7 Å². The molecule has 0 saturated carbocycles. The van der Waals surface area contributed by atoms with Crippen molar-refractivity contribution in [1.29, 1.82) is 0 Å². The van der Waals surface area contributed by atoms with Crippen LogP contribution in [0.15, 0.2) is 85.1 Å². The van der Waals surface area contributed by atoms with Crippen molar-refractivity contribution >= 4 is 29.6 Å². The van der Waals surface area contributed by atoms with Crippen LogP contribution in [0, 0.1) is 12.7 Å². The Morgan fingerprint density at radius 3 is 2.25 bits per heavy atom. The van der Waals surface area contributed by atoms with Crippen LogP contribution in [-0.4, -0.2) is 34.5 Å². The molecule has 4 rings (SSSR count). The van der Waals surface area contributed by atoms with Gasteiger partial charge < -0.3 is 15.2 Å². The molecule has 0 fully saturated rings. The van der Waals surface area contributed by atoms with Gasteiger partial charge >= 0.3 is 24.7 Å². The van der Waals surface area contributed by atoms with Gasteiger partial charge in [-0.2, -0.15) is 30.7 Å². The monoisotopic (exact) mass is 698 g/mol. The number of carboxylic acid groups (broad SMARTS) is 1. The summed E-state index contributed by atoms with van der Waals surface area (Å²) in [6.45, 7) is 1.19. The van der Waals surface area contributed by atoms with Crippen LogP contribution in [0.2, 0.25) is 5.02 Å². The summed E-state index contributed by atoms with van der Waals surface area (Å²) >= 11 is 6.03. The summed E-state index contributed by atoms with van der Waals surface area (Å²) in [6, 6.07) is 13.2. The fraction of sp³-hybridized carbons (Fsp3) is 0.182. The van der Waals surface area contributed by atoms with Crippen LogP contribution >= 0.6 is 11.6 Å². The number of nitrogens with zero attached hydrogens (tertiary/aromatic N) is 1. The van der Waals surface area contributed by atoms with Crippen LogP contribution in [0.25, 0.3) is 6.08 Å². The first kappa shape index (κ1) is 35.9. The summed E-state index contributed by atoms with van der Waals surface area (Å²) in [4.78, 5) is 29.0. The van der Waals surface area contributed by atoms with Crippen molar-refractivity contribution in [3.8, 4) is 5.75 Å². The Kier molecular flexibility index (Phi) is 10.5. The number of nitrogens with one attached hydrogen (secondary N) is 1. The van der Waals surface area contributed by atoms with Crippen LogP contribution in [-0.2, 0) is 22.9 Å². The van der Waals surface area contributed by atoms with E-state index in [0.29, 0.717) is 23.3 Å². The van der Waals surface area contributed by atoms with Gasteiger partial charge in [-0.3, -0.25) is 9.78 Å². The van der Waals surface area contributed by atoms with Gasteiger partial charge in [0.25, 0.3) is 5.91 Å². The smallest absolute Gasteiger partial charge is 0.461 e. The van der Waals surface area contributed by atoms with E-state index in [4.69, 9.17) is 16.7 Å². The number of aromatic nitrogens is 1. The Bertz CT molecular complexity index is 1830. The van der Waals surface area contributed by atoms with Crippen molar-refractivity contribution in [3.05, 3.63) is 135 Å². The van der Waals surface area contributed by atoms with Gasteiger partial charge in [0.1, 0.15) is 17.1 Å². The highest BCUT2D eigenvalue weighted by molar-refractivity contribution is 6.30. The number of carbonyl (C=O) groups excluding carboxylic acids is 1. The van der Waals surface area contributed by atoms with E-state index >= 15 is 4.39 Å². The zero-order chi connectivity index (χ0) is 35.4. The number of benzene rings is 3. The van der Waals surface area contributed by atoms with Crippen molar-refractivity contribution in [2.75, 3.05) is 0 Å². The fourth-order valence-corrected chi connectivity index (χ4v) is 4.89. The minimum absolute atomic E-state index is 0.0988. The normalized spacial score (nSPS) is 13.4. The predicted octanol–water partition coefficient (Wildman–Crippen LogP) is 8.45. The Hall–Kier alpha value is -4.98. The van der Waals surface area contributed by atoms with E-state index in [1.165, 1.54) is 49.4 Å². The lowest BCUT2D eigenvalue weighted by Gasteiger charge is -2.36. The summed E-state index contributed by atoms with van der Waals surface area (Å²) in [5.41, 5.74) is -3.63. The molecule has 0 spiro atoms. The number of hydrogen-bond donors (Lipinski definition) is 2. The van der Waals surface area contributed by atoms with Crippen molar-refractivity contribution in [2.24, 2.45) is 0 Å². The molecule has 15 heteroatoms. The Labute approximate surface area is 272 Å². The molecular weight excluding hydrogens is 676 g/mol. The molecular formula is C33H23ClF8N2O4. The van der Waals surface area contributed by atoms with Gasteiger partial charge in [0, 0.05) is 30.3 Å². The van der Waals surface area contributed by atoms with E-state index in [2.05, 4.69) is 15.0 Å². The summed E-state index contributed by atoms with van der Waals surface area (Å²) in [5, 5.41) is 11.6. The van der Waals surface area contributed by atoms with Crippen molar-refractivity contribution < 1.29 is 54.6 Å². The molecule has 2 N–H and O–H groups in total. The molecule has 252 valence electrons. The van der Waals surface area contributed by atoms with Gasteiger partial charge in [-0.25, -0.2) is 9.18 Å². The molecule has 48 heavy (non-hydrogen) atoms. The first-order valence-electron chi connectivity index (χ1n) is 13.7. The number of halogens is 9. The first-order valence-corrected chi connectivity index (χ1v) is 14.1. The lowest BCUT2D eigenvalue weighted by atomic mass is 9.79. The van der Waals surface area contributed by atoms with E-state index in [0.717, 1.165) is 36.5 Å². The number of ether oxygens (including phenoxy) is 1. The van der Waals surface area contributed by atoms with Crippen LogP contribution in [0.3, 0.4) is 0 Å². The number of carboxylic acids is 1. The Morgan fingerprint density at radius 2 is 1.67 bits per heavy atom. The fourth-order valence-electron chi connectivity index (χ4n) is 4.77. The number of aliphatic carboxylic acids is 1. The molecule has 1 heterocycles. The maximum Gasteiger partial charge on any atom is 0.461 e. The second kappa shape index (κ2) is 14.0. The van der Waals surface area contributed by atoms with Crippen LogP contribution in [0.4, 0.5) is 35.1 Å². The zero-order valence-electron chi connectivity index (χ0n) is 24.5. The second-order valence-corrected chi connectivity index (χ2v) is 10.9. The molecule has 0 aliphatic rings. The maximum absolute atomic E-state index is 15.1. The quantitative estimate of drug-likeness (QED) is 0.121. The standard InChI is InChI=1S/C33H23ClF8N2O4/c1-18-2-8-21(12-26(18)32(38,39)40)29(47)44-31(27-10-9-23(34)17-43-27,16-20-5-3-19(4-6-20)7-11-28(45)46)22-13-24(35)15-25(14-22)48-33(41,42)30(36)37/h2-15,17,30H,16H2,1H3,(H,44,47)(H,45,46)/b11-7+/t31-/m0/s1. The first-order chi connectivity index (χ1) is 22.4. The largest absolute Gasteiger partial charge is 0.478 e. The van der Waals surface area contributed by atoms with Crippen molar-refractivity contribution in [3.63, 3.8) is 0 Å². The molecule has 0 aliphatic heterocycles. The van der Waals surface area contributed by atoms with Gasteiger partial charge in [0.05, 0.1) is 16.3 Å². The maximum atomic E-state index is 15.1.